The fraction of sp³-hybridized carbons (Fsp3) is 0.179. The number of carbonyl (C=O) groups excluding carboxylic acids is 2. The molecule has 208 valence electrons. The Kier molecular flexibility index (Phi) is 7.71. The number of carboxylic acid groups (broad SMARTS) is 1. The maximum atomic E-state index is 12.8. The summed E-state index contributed by atoms with van der Waals surface area (Å²) in [6, 6.07) is 10.2. The highest BCUT2D eigenvalue weighted by Gasteiger charge is 2.44. The zero-order valence-corrected chi connectivity index (χ0v) is 20.8. The summed E-state index contributed by atoms with van der Waals surface area (Å²) in [5.41, 5.74) is 1.00. The zero-order chi connectivity index (χ0) is 29.1. The van der Waals surface area contributed by atoms with Crippen molar-refractivity contribution in [1.82, 2.24) is 0 Å². The molecular weight excluding hydrogens is 528 g/mol. The molecule has 1 heterocycles. The number of carboxylic acids is 1. The van der Waals surface area contributed by atoms with E-state index in [0.29, 0.717) is 11.1 Å². The Morgan fingerprint density at radius 3 is 2.17 bits per heavy atom. The van der Waals surface area contributed by atoms with Gasteiger partial charge in [-0.15, -0.1) is 0 Å². The van der Waals surface area contributed by atoms with Crippen LogP contribution in [0.25, 0.3) is 6.08 Å². The average molecular weight is 552 g/mol. The Labute approximate surface area is 226 Å². The fourth-order valence-electron chi connectivity index (χ4n) is 4.31. The molecule has 6 N–H and O–H groups in total. The first kappa shape index (κ1) is 27.6. The van der Waals surface area contributed by atoms with Crippen LogP contribution in [0.1, 0.15) is 34.3 Å². The molecule has 3 aromatic carbocycles. The first-order chi connectivity index (χ1) is 19.0. The third kappa shape index (κ3) is 5.55. The molecule has 4 rings (SSSR count). The molecule has 0 saturated heterocycles. The molecule has 0 aliphatic carbocycles. The highest BCUT2D eigenvalue weighted by molar-refractivity contribution is 5.91. The number of methoxy groups -OCH3 is 1. The topological polar surface area (TPSA) is 200 Å². The predicted molar refractivity (Wildman–Crippen MR) is 136 cm³/mol. The second kappa shape index (κ2) is 11.2. The van der Waals surface area contributed by atoms with Crippen molar-refractivity contribution in [2.45, 2.75) is 24.5 Å². The lowest BCUT2D eigenvalue weighted by Gasteiger charge is -2.18. The lowest BCUT2D eigenvalue weighted by molar-refractivity contribution is -0.160. The van der Waals surface area contributed by atoms with Gasteiger partial charge < -0.3 is 44.8 Å². The van der Waals surface area contributed by atoms with Gasteiger partial charge in [-0.05, 0) is 53.1 Å². The molecule has 12 heteroatoms. The molecule has 0 saturated carbocycles. The Balaban J connectivity index is 1.61. The number of ether oxygens (including phenoxy) is 3. The Hall–Kier alpha value is -5.39. The van der Waals surface area contributed by atoms with Crippen LogP contribution in [0.2, 0.25) is 0 Å². The third-order valence-electron chi connectivity index (χ3n) is 6.24. The zero-order valence-electron chi connectivity index (χ0n) is 20.8. The quantitative estimate of drug-likeness (QED) is 0.136. The van der Waals surface area contributed by atoms with E-state index in [1.165, 1.54) is 48.5 Å². The number of aliphatic carboxylic acids is 1. The number of fused-ring (bicyclic) bond motifs is 1. The van der Waals surface area contributed by atoms with Crippen molar-refractivity contribution >= 4 is 24.0 Å². The van der Waals surface area contributed by atoms with E-state index in [9.17, 15) is 45.0 Å². The molecule has 0 amide bonds. The average Bonchev–Trinajstić information content (AvgIpc) is 3.33. The predicted octanol–water partition coefficient (Wildman–Crippen LogP) is 2.86. The highest BCUT2D eigenvalue weighted by atomic mass is 16.6. The van der Waals surface area contributed by atoms with E-state index in [2.05, 4.69) is 0 Å². The molecule has 0 fully saturated rings. The van der Waals surface area contributed by atoms with Crippen LogP contribution < -0.4 is 4.74 Å². The summed E-state index contributed by atoms with van der Waals surface area (Å²) in [6.45, 7) is 0. The monoisotopic (exact) mass is 552 g/mol. The van der Waals surface area contributed by atoms with Gasteiger partial charge in [0.2, 0.25) is 6.10 Å². The van der Waals surface area contributed by atoms with Crippen LogP contribution in [0.4, 0.5) is 0 Å². The molecule has 0 unspecified atom stereocenters. The molecular formula is C28H24O12. The molecule has 0 radical (unpaired) electrons. The Morgan fingerprint density at radius 1 is 0.900 bits per heavy atom. The highest BCUT2D eigenvalue weighted by Crippen LogP contribution is 2.52. The van der Waals surface area contributed by atoms with Crippen LogP contribution in [0, 0.1) is 0 Å². The van der Waals surface area contributed by atoms with Gasteiger partial charge in [0.15, 0.2) is 34.5 Å². The van der Waals surface area contributed by atoms with Gasteiger partial charge in [-0.3, -0.25) is 4.79 Å². The summed E-state index contributed by atoms with van der Waals surface area (Å²) >= 11 is 0. The van der Waals surface area contributed by atoms with Gasteiger partial charge >= 0.3 is 17.9 Å². The first-order valence-electron chi connectivity index (χ1n) is 11.7. The largest absolute Gasteiger partial charge is 0.504 e. The standard InChI is InChI=1S/C28H24O12/c1-38-28(37)24-23-14(3-8-18(31)26(23)40-25(24)15-4-7-17(30)20(33)12-15)5-9-22(34)39-21(27(35)36)11-13-2-6-16(29)19(32)10-13/h2-10,12,21,24-25,29-33H,11H2,1H3,(H,35,36)/t21-,24-,25+/m0/s1. The van der Waals surface area contributed by atoms with E-state index in [0.717, 1.165) is 19.3 Å². The number of rotatable bonds is 8. The summed E-state index contributed by atoms with van der Waals surface area (Å²) in [5.74, 6) is -6.46. The normalized spacial score (nSPS) is 16.6. The van der Waals surface area contributed by atoms with E-state index in [4.69, 9.17) is 14.2 Å². The Morgan fingerprint density at radius 2 is 1.55 bits per heavy atom. The maximum absolute atomic E-state index is 12.8. The van der Waals surface area contributed by atoms with Crippen molar-refractivity contribution in [3.05, 3.63) is 76.9 Å². The molecule has 40 heavy (non-hydrogen) atoms. The summed E-state index contributed by atoms with van der Waals surface area (Å²) in [4.78, 5) is 37.1. The third-order valence-corrected chi connectivity index (χ3v) is 6.24. The lowest BCUT2D eigenvalue weighted by Crippen LogP contribution is -2.28. The van der Waals surface area contributed by atoms with Gasteiger partial charge in [-0.1, -0.05) is 18.2 Å². The van der Waals surface area contributed by atoms with Crippen molar-refractivity contribution < 1.29 is 59.2 Å². The van der Waals surface area contributed by atoms with Gasteiger partial charge in [-0.25, -0.2) is 9.59 Å². The van der Waals surface area contributed by atoms with Crippen LogP contribution in [0.15, 0.2) is 54.6 Å². The van der Waals surface area contributed by atoms with Gasteiger partial charge in [0, 0.05) is 18.1 Å². The minimum atomic E-state index is -1.62. The van der Waals surface area contributed by atoms with Gasteiger partial charge in [-0.2, -0.15) is 0 Å². The van der Waals surface area contributed by atoms with Crippen LogP contribution in [0.3, 0.4) is 0 Å². The molecule has 1 aliphatic heterocycles. The molecule has 0 bridgehead atoms. The van der Waals surface area contributed by atoms with E-state index in [1.54, 1.807) is 0 Å². The van der Waals surface area contributed by atoms with Crippen molar-refractivity contribution in [1.29, 1.82) is 0 Å². The molecule has 12 nitrogen and oxygen atoms in total. The van der Waals surface area contributed by atoms with E-state index >= 15 is 0 Å². The van der Waals surface area contributed by atoms with Crippen molar-refractivity contribution in [2.75, 3.05) is 7.11 Å². The number of benzene rings is 3. The van der Waals surface area contributed by atoms with Crippen LogP contribution in [0.5, 0.6) is 34.5 Å². The van der Waals surface area contributed by atoms with Crippen molar-refractivity contribution in [3.8, 4) is 34.5 Å². The minimum Gasteiger partial charge on any atom is -0.504 e. The van der Waals surface area contributed by atoms with Gasteiger partial charge in [0.1, 0.15) is 12.0 Å². The summed E-state index contributed by atoms with van der Waals surface area (Å²) in [6.07, 6.45) is -0.798. The van der Waals surface area contributed by atoms with E-state index in [1.807, 2.05) is 0 Å². The lowest BCUT2D eigenvalue weighted by atomic mass is 9.87. The van der Waals surface area contributed by atoms with Crippen LogP contribution in [-0.4, -0.2) is 61.8 Å². The minimum absolute atomic E-state index is 0.0703. The summed E-state index contributed by atoms with van der Waals surface area (Å²) in [7, 11) is 1.15. The number of hydrogen-bond acceptors (Lipinski definition) is 11. The fourth-order valence-corrected chi connectivity index (χ4v) is 4.31. The van der Waals surface area contributed by atoms with Gasteiger partial charge in [0.25, 0.3) is 0 Å². The number of phenolic OH excluding ortho intramolecular Hbond substituents is 5. The summed E-state index contributed by atoms with van der Waals surface area (Å²) < 4.78 is 15.9. The second-order valence-electron chi connectivity index (χ2n) is 8.83. The number of carbonyl (C=O) groups is 3. The number of esters is 2. The Bertz CT molecular complexity index is 1510. The van der Waals surface area contributed by atoms with Crippen LogP contribution >= 0.6 is 0 Å². The molecule has 0 aromatic heterocycles. The van der Waals surface area contributed by atoms with E-state index < -0.39 is 53.3 Å². The number of phenols is 5. The first-order valence-corrected chi connectivity index (χ1v) is 11.7. The molecule has 3 aromatic rings. The van der Waals surface area contributed by atoms with Crippen molar-refractivity contribution in [3.63, 3.8) is 0 Å². The smallest absolute Gasteiger partial charge is 0.345 e. The molecule has 1 aliphatic rings. The van der Waals surface area contributed by atoms with Crippen molar-refractivity contribution in [2.24, 2.45) is 0 Å². The maximum Gasteiger partial charge on any atom is 0.345 e. The number of hydrogen-bond donors (Lipinski definition) is 6. The second-order valence-corrected chi connectivity index (χ2v) is 8.83. The van der Waals surface area contributed by atoms with Gasteiger partial charge in [0.05, 0.1) is 7.11 Å². The number of aromatic hydroxyl groups is 5. The van der Waals surface area contributed by atoms with E-state index in [-0.39, 0.29) is 34.8 Å². The summed E-state index contributed by atoms with van der Waals surface area (Å²) in [5, 5.41) is 58.6. The SMILES string of the molecule is COC(=O)[C@H]1c2c(C=CC(=O)O[C@@H](Cc3ccc(O)c(O)c3)C(=O)O)ccc(O)c2O[C@@H]1c1ccc(O)c(O)c1. The van der Waals surface area contributed by atoms with Crippen LogP contribution in [-0.2, 0) is 30.3 Å². The molecule has 3 atom stereocenters. The molecule has 0 spiro atoms.